The van der Waals surface area contributed by atoms with Crippen LogP contribution < -0.4 is 4.90 Å². The van der Waals surface area contributed by atoms with Crippen LogP contribution in [0.1, 0.15) is 12.8 Å². The van der Waals surface area contributed by atoms with E-state index in [2.05, 4.69) is 0 Å². The Bertz CT molecular complexity index is 1040. The summed E-state index contributed by atoms with van der Waals surface area (Å²) in [5, 5.41) is 9.83. The fourth-order valence-electron chi connectivity index (χ4n) is 5.47. The number of anilines is 1. The van der Waals surface area contributed by atoms with E-state index in [1.165, 1.54) is 9.80 Å². The number of benzene rings is 1. The van der Waals surface area contributed by atoms with Crippen molar-refractivity contribution in [3.63, 3.8) is 0 Å². The highest BCUT2D eigenvalue weighted by Crippen LogP contribution is 2.53. The maximum atomic E-state index is 14.0. The molecule has 2 saturated heterocycles. The number of aliphatic hydroxyl groups is 1. The number of halogens is 1. The van der Waals surface area contributed by atoms with E-state index in [-0.39, 0.29) is 38.1 Å². The average Bonchev–Trinajstić information content (AvgIpc) is 3.17. The third-order valence-electron chi connectivity index (χ3n) is 6.82. The number of amides is 2. The van der Waals surface area contributed by atoms with Crippen molar-refractivity contribution in [3.05, 3.63) is 53.6 Å². The molecule has 0 radical (unpaired) electrons. The van der Waals surface area contributed by atoms with E-state index in [4.69, 9.17) is 21.1 Å². The number of aliphatic hydroxyl groups excluding tert-OH is 1. The number of ether oxygens (including phenoxy) is 2. The normalized spacial score (nSPS) is 33.2. The molecule has 5 rings (SSSR count). The topological polar surface area (TPSA) is 96.4 Å². The Balaban J connectivity index is 1.62. The minimum atomic E-state index is -1.32. The molecular weight excluding hydrogens is 448 g/mol. The summed E-state index contributed by atoms with van der Waals surface area (Å²) in [4.78, 5) is 43.7. The summed E-state index contributed by atoms with van der Waals surface area (Å²) in [6.07, 6.45) is 7.43. The zero-order chi connectivity index (χ0) is 23.2. The first-order valence-corrected chi connectivity index (χ1v) is 11.5. The summed E-state index contributed by atoms with van der Waals surface area (Å²) in [6.45, 7) is 0.512. The minimum Gasteiger partial charge on any atom is -0.465 e. The third-order valence-corrected chi connectivity index (χ3v) is 7.14. The van der Waals surface area contributed by atoms with Gasteiger partial charge in [0.25, 0.3) is 5.91 Å². The van der Waals surface area contributed by atoms with Crippen molar-refractivity contribution in [2.75, 3.05) is 31.2 Å². The smallest absolute Gasteiger partial charge is 0.312 e. The van der Waals surface area contributed by atoms with E-state index >= 15 is 0 Å². The minimum absolute atomic E-state index is 0.135. The second kappa shape index (κ2) is 8.59. The molecule has 9 heteroatoms. The van der Waals surface area contributed by atoms with Crippen LogP contribution in [0.4, 0.5) is 5.69 Å². The van der Waals surface area contributed by atoms with Crippen LogP contribution >= 0.6 is 11.6 Å². The lowest BCUT2D eigenvalue weighted by atomic mass is 9.77. The summed E-state index contributed by atoms with van der Waals surface area (Å²) in [6, 6.07) is 6.03. The molecule has 4 aliphatic heterocycles. The molecule has 174 valence electrons. The highest BCUT2D eigenvalue weighted by Gasteiger charge is 2.71. The monoisotopic (exact) mass is 472 g/mol. The van der Waals surface area contributed by atoms with E-state index in [1.54, 1.807) is 42.5 Å². The van der Waals surface area contributed by atoms with Crippen LogP contribution in [-0.4, -0.2) is 71.8 Å². The molecule has 1 aromatic carbocycles. The van der Waals surface area contributed by atoms with E-state index < -0.39 is 35.6 Å². The molecular formula is C24H25ClN2O6. The number of hydrogen-bond acceptors (Lipinski definition) is 6. The maximum absolute atomic E-state index is 14.0. The number of carbonyl (C=O) groups is 3. The molecule has 2 fully saturated rings. The van der Waals surface area contributed by atoms with Gasteiger partial charge in [-0.3, -0.25) is 14.4 Å². The molecule has 1 unspecified atom stereocenters. The molecule has 1 aromatic rings. The Labute approximate surface area is 196 Å². The molecule has 8 nitrogen and oxygen atoms in total. The predicted molar refractivity (Wildman–Crippen MR) is 119 cm³/mol. The fraction of sp³-hybridized carbons (Fsp3) is 0.458. The van der Waals surface area contributed by atoms with Crippen molar-refractivity contribution in [2.45, 2.75) is 30.6 Å². The number of fused-ring (bicyclic) bond motifs is 2. The molecule has 4 heterocycles. The predicted octanol–water partition coefficient (Wildman–Crippen LogP) is 1.71. The van der Waals surface area contributed by atoms with Crippen LogP contribution in [0, 0.1) is 11.8 Å². The van der Waals surface area contributed by atoms with Crippen LogP contribution in [0.3, 0.4) is 0 Å². The number of carbonyl (C=O) groups excluding carboxylic acids is 3. The Morgan fingerprint density at radius 1 is 1.15 bits per heavy atom. The van der Waals surface area contributed by atoms with Gasteiger partial charge in [0.15, 0.2) is 0 Å². The quantitative estimate of drug-likeness (QED) is 0.529. The molecule has 0 saturated carbocycles. The summed E-state index contributed by atoms with van der Waals surface area (Å²) in [7, 11) is 0. The zero-order valence-electron chi connectivity index (χ0n) is 17.9. The lowest BCUT2D eigenvalue weighted by molar-refractivity contribution is -0.154. The van der Waals surface area contributed by atoms with E-state index in [1.807, 2.05) is 6.08 Å². The number of esters is 1. The Morgan fingerprint density at radius 3 is 2.76 bits per heavy atom. The number of rotatable bonds is 4. The highest BCUT2D eigenvalue weighted by molar-refractivity contribution is 6.34. The van der Waals surface area contributed by atoms with Gasteiger partial charge in [-0.05, 0) is 25.0 Å². The van der Waals surface area contributed by atoms with Gasteiger partial charge in [-0.25, -0.2) is 0 Å². The summed E-state index contributed by atoms with van der Waals surface area (Å²) >= 11 is 6.40. The maximum Gasteiger partial charge on any atom is 0.312 e. The van der Waals surface area contributed by atoms with Crippen molar-refractivity contribution >= 4 is 35.1 Å². The van der Waals surface area contributed by atoms with Gasteiger partial charge in [-0.1, -0.05) is 48.0 Å². The Hall–Kier alpha value is -2.68. The van der Waals surface area contributed by atoms with Crippen LogP contribution in [0.25, 0.3) is 0 Å². The first-order chi connectivity index (χ1) is 16.0. The van der Waals surface area contributed by atoms with Gasteiger partial charge in [-0.15, -0.1) is 0 Å². The van der Waals surface area contributed by atoms with Crippen molar-refractivity contribution in [1.82, 2.24) is 4.90 Å². The lowest BCUT2D eigenvalue weighted by Gasteiger charge is -2.35. The van der Waals surface area contributed by atoms with Gasteiger partial charge in [0, 0.05) is 19.7 Å². The molecule has 1 N–H and O–H groups in total. The number of cyclic esters (lactones) is 1. The second-order valence-corrected chi connectivity index (χ2v) is 9.04. The van der Waals surface area contributed by atoms with Crippen molar-refractivity contribution < 1.29 is 29.0 Å². The fourth-order valence-corrected chi connectivity index (χ4v) is 5.71. The largest absolute Gasteiger partial charge is 0.465 e. The Kier molecular flexibility index (Phi) is 5.76. The standard InChI is InChI=1S/C24H25ClN2O6/c25-15-7-1-2-8-16(15)26-11-5-10-24-19(18-17(33-24)9-3-4-14-32-23(18)31)21(29)27(12-6-13-28)20(24)22(26)30/h1-3,5,7-10,17-20,28H,4,6,11-14H2/t17-,18+,19-,20?,24-/m0/s1. The van der Waals surface area contributed by atoms with Gasteiger partial charge in [0.2, 0.25) is 5.91 Å². The molecule has 2 amide bonds. The second-order valence-electron chi connectivity index (χ2n) is 8.64. The highest BCUT2D eigenvalue weighted by atomic mass is 35.5. The average molecular weight is 473 g/mol. The number of nitrogens with zero attached hydrogens (tertiary/aromatic N) is 2. The van der Waals surface area contributed by atoms with Gasteiger partial charge in [-0.2, -0.15) is 0 Å². The Morgan fingerprint density at radius 2 is 1.97 bits per heavy atom. The van der Waals surface area contributed by atoms with E-state index in [0.29, 0.717) is 23.6 Å². The molecule has 33 heavy (non-hydrogen) atoms. The molecule has 0 aromatic heterocycles. The van der Waals surface area contributed by atoms with Gasteiger partial charge in [0.05, 0.1) is 29.3 Å². The van der Waals surface area contributed by atoms with Crippen molar-refractivity contribution in [3.8, 4) is 0 Å². The van der Waals surface area contributed by atoms with Crippen LogP contribution in [-0.2, 0) is 23.9 Å². The van der Waals surface area contributed by atoms with E-state index in [9.17, 15) is 19.5 Å². The van der Waals surface area contributed by atoms with Crippen LogP contribution in [0.15, 0.2) is 48.6 Å². The van der Waals surface area contributed by atoms with Crippen LogP contribution in [0.5, 0.6) is 0 Å². The molecule has 5 atom stereocenters. The first kappa shape index (κ1) is 22.1. The molecule has 0 aliphatic carbocycles. The van der Waals surface area contributed by atoms with Crippen molar-refractivity contribution in [2.24, 2.45) is 11.8 Å². The number of para-hydroxylation sites is 1. The number of likely N-dealkylation sites (tertiary alicyclic amines) is 1. The SMILES string of the molecule is O=C1OCCC=C[C@@H]2O[C@]34C=CCN(c5ccccc5Cl)C(=O)C3N(CCCO)C(=O)[C@@H]4[C@H]12. The zero-order valence-corrected chi connectivity index (χ0v) is 18.7. The third kappa shape index (κ3) is 3.39. The lowest BCUT2D eigenvalue weighted by Crippen LogP contribution is -2.55. The molecule has 1 spiro atoms. The van der Waals surface area contributed by atoms with E-state index in [0.717, 1.165) is 0 Å². The van der Waals surface area contributed by atoms with Gasteiger partial charge < -0.3 is 24.4 Å². The summed E-state index contributed by atoms with van der Waals surface area (Å²) in [5.41, 5.74) is -0.782. The van der Waals surface area contributed by atoms with Crippen LogP contribution in [0.2, 0.25) is 5.02 Å². The molecule has 4 aliphatic rings. The van der Waals surface area contributed by atoms with Gasteiger partial charge >= 0.3 is 5.97 Å². The first-order valence-electron chi connectivity index (χ1n) is 11.2. The number of hydrogen-bond donors (Lipinski definition) is 1. The summed E-state index contributed by atoms with van der Waals surface area (Å²) in [5.74, 6) is -2.91. The molecule has 0 bridgehead atoms. The van der Waals surface area contributed by atoms with Gasteiger partial charge in [0.1, 0.15) is 17.6 Å². The van der Waals surface area contributed by atoms with Crippen molar-refractivity contribution in [1.29, 1.82) is 0 Å². The summed E-state index contributed by atoms with van der Waals surface area (Å²) < 4.78 is 11.8.